The zero-order valence-corrected chi connectivity index (χ0v) is 18.1. The zero-order chi connectivity index (χ0) is 20.4. The van der Waals surface area contributed by atoms with Crippen molar-refractivity contribution in [2.45, 2.75) is 19.5 Å². The number of nitrogens with zero attached hydrogens (tertiary/aromatic N) is 1. The average Bonchev–Trinajstić information content (AvgIpc) is 3.31. The predicted octanol–water partition coefficient (Wildman–Crippen LogP) is 4.70. The number of amides is 1. The van der Waals surface area contributed by atoms with E-state index in [1.807, 2.05) is 18.2 Å². The Morgan fingerprint density at radius 2 is 2.03 bits per heavy atom. The molecule has 1 amide bonds. The number of methoxy groups -OCH3 is 1. The molecule has 29 heavy (non-hydrogen) atoms. The SMILES string of the molecule is COC(=O)c1c(NC(=O)c2ccc(Br)o2)sc2c1CCN(Cc1ccccc1)C2. The number of hydrogen-bond acceptors (Lipinski definition) is 6. The lowest BCUT2D eigenvalue weighted by Gasteiger charge is -2.27. The van der Waals surface area contributed by atoms with Gasteiger partial charge in [0.25, 0.3) is 5.91 Å². The van der Waals surface area contributed by atoms with Crippen LogP contribution in [0.1, 0.15) is 36.9 Å². The first-order valence-corrected chi connectivity index (χ1v) is 10.7. The van der Waals surface area contributed by atoms with Gasteiger partial charge in [-0.15, -0.1) is 11.3 Å². The number of thiophene rings is 1. The van der Waals surface area contributed by atoms with Crippen LogP contribution < -0.4 is 5.32 Å². The smallest absolute Gasteiger partial charge is 0.341 e. The normalized spacial score (nSPS) is 13.7. The maximum absolute atomic E-state index is 12.5. The molecule has 2 aromatic heterocycles. The van der Waals surface area contributed by atoms with E-state index in [1.54, 1.807) is 12.1 Å². The molecule has 1 aliphatic heterocycles. The molecule has 1 aromatic carbocycles. The van der Waals surface area contributed by atoms with Crippen LogP contribution in [0.2, 0.25) is 0 Å². The van der Waals surface area contributed by atoms with Crippen molar-refractivity contribution >= 4 is 44.1 Å². The molecule has 0 fully saturated rings. The van der Waals surface area contributed by atoms with Gasteiger partial charge >= 0.3 is 5.97 Å². The molecule has 0 bridgehead atoms. The summed E-state index contributed by atoms with van der Waals surface area (Å²) in [7, 11) is 1.35. The van der Waals surface area contributed by atoms with E-state index in [1.165, 1.54) is 24.0 Å². The summed E-state index contributed by atoms with van der Waals surface area (Å²) in [5.41, 5.74) is 2.66. The number of halogens is 1. The fourth-order valence-electron chi connectivity index (χ4n) is 3.44. The van der Waals surface area contributed by atoms with Gasteiger partial charge in [-0.1, -0.05) is 30.3 Å². The summed E-state index contributed by atoms with van der Waals surface area (Å²) < 4.78 is 10.8. The van der Waals surface area contributed by atoms with E-state index in [4.69, 9.17) is 9.15 Å². The molecule has 0 saturated heterocycles. The number of hydrogen-bond donors (Lipinski definition) is 1. The van der Waals surface area contributed by atoms with Gasteiger partial charge in [-0.3, -0.25) is 9.69 Å². The van der Waals surface area contributed by atoms with Crippen LogP contribution in [0.4, 0.5) is 5.00 Å². The lowest BCUT2D eigenvalue weighted by molar-refractivity contribution is 0.0600. The summed E-state index contributed by atoms with van der Waals surface area (Å²) in [5.74, 6) is -0.666. The standard InChI is InChI=1S/C21H19BrN2O4S/c1-27-21(26)18-14-9-10-24(11-13-5-3-2-4-6-13)12-16(14)29-20(18)23-19(25)15-7-8-17(22)28-15/h2-8H,9-12H2,1H3,(H,23,25). The second-order valence-corrected chi connectivity index (χ2v) is 8.59. The summed E-state index contributed by atoms with van der Waals surface area (Å²) in [6, 6.07) is 13.5. The average molecular weight is 475 g/mol. The van der Waals surface area contributed by atoms with Crippen molar-refractivity contribution in [1.82, 2.24) is 4.90 Å². The van der Waals surface area contributed by atoms with Crippen molar-refractivity contribution in [2.75, 3.05) is 19.0 Å². The van der Waals surface area contributed by atoms with E-state index < -0.39 is 11.9 Å². The molecule has 8 heteroatoms. The summed E-state index contributed by atoms with van der Waals surface area (Å²) >= 11 is 4.61. The third-order valence-electron chi connectivity index (χ3n) is 4.80. The molecule has 3 heterocycles. The van der Waals surface area contributed by atoms with Crippen molar-refractivity contribution in [2.24, 2.45) is 0 Å². The molecule has 0 unspecified atom stereocenters. The Balaban J connectivity index is 1.58. The number of anilines is 1. The number of rotatable bonds is 5. The lowest BCUT2D eigenvalue weighted by Crippen LogP contribution is -2.29. The molecule has 1 N–H and O–H groups in total. The number of benzene rings is 1. The number of carbonyl (C=O) groups is 2. The number of fused-ring (bicyclic) bond motifs is 1. The molecule has 0 atom stereocenters. The van der Waals surface area contributed by atoms with Crippen molar-refractivity contribution in [3.05, 3.63) is 74.5 Å². The number of carbonyl (C=O) groups excluding carboxylic acids is 2. The van der Waals surface area contributed by atoms with E-state index >= 15 is 0 Å². The van der Waals surface area contributed by atoms with Crippen LogP contribution in [0.25, 0.3) is 0 Å². The molecule has 4 rings (SSSR count). The Labute approximate surface area is 180 Å². The van der Waals surface area contributed by atoms with Gasteiger partial charge in [0, 0.05) is 24.5 Å². The van der Waals surface area contributed by atoms with Gasteiger partial charge in [-0.2, -0.15) is 0 Å². The molecule has 0 saturated carbocycles. The Hall–Kier alpha value is -2.42. The first kappa shape index (κ1) is 19.9. The first-order chi connectivity index (χ1) is 14.0. The minimum Gasteiger partial charge on any atom is -0.465 e. The Kier molecular flexibility index (Phi) is 5.84. The number of ether oxygens (including phenoxy) is 1. The molecule has 3 aromatic rings. The maximum Gasteiger partial charge on any atom is 0.341 e. The molecule has 0 aliphatic carbocycles. The highest BCUT2D eigenvalue weighted by molar-refractivity contribution is 9.10. The van der Waals surface area contributed by atoms with E-state index in [2.05, 4.69) is 38.3 Å². The minimum atomic E-state index is -0.435. The minimum absolute atomic E-state index is 0.171. The topological polar surface area (TPSA) is 71.8 Å². The van der Waals surface area contributed by atoms with Crippen LogP contribution in [-0.4, -0.2) is 30.4 Å². The first-order valence-electron chi connectivity index (χ1n) is 9.11. The number of nitrogens with one attached hydrogen (secondary N) is 1. The van der Waals surface area contributed by atoms with E-state index in [-0.39, 0.29) is 5.76 Å². The second kappa shape index (κ2) is 8.52. The summed E-state index contributed by atoms with van der Waals surface area (Å²) in [5, 5.41) is 3.32. The van der Waals surface area contributed by atoms with Crippen molar-refractivity contribution < 1.29 is 18.7 Å². The van der Waals surface area contributed by atoms with Crippen LogP contribution in [0.15, 0.2) is 51.6 Å². The van der Waals surface area contributed by atoms with Gasteiger partial charge in [-0.05, 0) is 45.6 Å². The highest BCUT2D eigenvalue weighted by Crippen LogP contribution is 2.38. The third kappa shape index (κ3) is 4.29. The molecule has 1 aliphatic rings. The molecule has 6 nitrogen and oxygen atoms in total. The van der Waals surface area contributed by atoms with Gasteiger partial charge in [-0.25, -0.2) is 4.79 Å². The monoisotopic (exact) mass is 474 g/mol. The number of furan rings is 1. The van der Waals surface area contributed by atoms with Crippen molar-refractivity contribution in [1.29, 1.82) is 0 Å². The van der Waals surface area contributed by atoms with Crippen LogP contribution in [0.5, 0.6) is 0 Å². The molecule has 0 radical (unpaired) electrons. The van der Waals surface area contributed by atoms with Gasteiger partial charge in [0.1, 0.15) is 5.00 Å². The second-order valence-electron chi connectivity index (χ2n) is 6.70. The van der Waals surface area contributed by atoms with E-state index in [9.17, 15) is 9.59 Å². The number of esters is 1. The maximum atomic E-state index is 12.5. The molecular formula is C21H19BrN2O4S. The van der Waals surface area contributed by atoms with Gasteiger partial charge in [0.15, 0.2) is 10.4 Å². The molecule has 0 spiro atoms. The lowest BCUT2D eigenvalue weighted by atomic mass is 10.0. The predicted molar refractivity (Wildman–Crippen MR) is 114 cm³/mol. The zero-order valence-electron chi connectivity index (χ0n) is 15.7. The van der Waals surface area contributed by atoms with Crippen LogP contribution in [-0.2, 0) is 24.2 Å². The quantitative estimate of drug-likeness (QED) is 0.542. The summed E-state index contributed by atoms with van der Waals surface area (Å²) in [6.45, 7) is 2.40. The molecule has 150 valence electrons. The van der Waals surface area contributed by atoms with E-state index in [0.717, 1.165) is 36.5 Å². The summed E-state index contributed by atoms with van der Waals surface area (Å²) in [6.07, 6.45) is 0.727. The van der Waals surface area contributed by atoms with Crippen molar-refractivity contribution in [3.8, 4) is 0 Å². The van der Waals surface area contributed by atoms with Gasteiger partial charge in [0.2, 0.25) is 0 Å². The fraction of sp³-hybridized carbons (Fsp3) is 0.238. The van der Waals surface area contributed by atoms with Gasteiger partial charge < -0.3 is 14.5 Å². The van der Waals surface area contributed by atoms with Crippen LogP contribution in [0.3, 0.4) is 0 Å². The summed E-state index contributed by atoms with van der Waals surface area (Å²) in [4.78, 5) is 28.4. The largest absolute Gasteiger partial charge is 0.465 e. The van der Waals surface area contributed by atoms with Crippen molar-refractivity contribution in [3.63, 3.8) is 0 Å². The Morgan fingerprint density at radius 1 is 1.24 bits per heavy atom. The van der Waals surface area contributed by atoms with Crippen LogP contribution in [0, 0.1) is 0 Å². The fourth-order valence-corrected chi connectivity index (χ4v) is 5.02. The van der Waals surface area contributed by atoms with Gasteiger partial charge in [0.05, 0.1) is 12.7 Å². The highest BCUT2D eigenvalue weighted by atomic mass is 79.9. The van der Waals surface area contributed by atoms with E-state index in [0.29, 0.717) is 15.2 Å². The Bertz CT molecular complexity index is 1040. The third-order valence-corrected chi connectivity index (χ3v) is 6.36. The highest BCUT2D eigenvalue weighted by Gasteiger charge is 2.29. The Morgan fingerprint density at radius 3 is 2.72 bits per heavy atom. The van der Waals surface area contributed by atoms with Crippen LogP contribution >= 0.6 is 27.3 Å². The molecular weight excluding hydrogens is 456 g/mol.